The van der Waals surface area contributed by atoms with Gasteiger partial charge in [-0.05, 0) is 52.2 Å². The molecule has 0 saturated carbocycles. The highest BCUT2D eigenvalue weighted by atomic mass is 79.9. The van der Waals surface area contributed by atoms with Gasteiger partial charge in [-0.2, -0.15) is 0 Å². The average Bonchev–Trinajstić information content (AvgIpc) is 2.86. The second kappa shape index (κ2) is 5.62. The van der Waals surface area contributed by atoms with E-state index in [-0.39, 0.29) is 11.8 Å². The average molecular weight is 348 g/mol. The minimum Gasteiger partial charge on any atom is -0.325 e. The van der Waals surface area contributed by atoms with Gasteiger partial charge in [-0.15, -0.1) is 11.8 Å². The Labute approximate surface area is 131 Å². The molecule has 0 aliphatic carbocycles. The van der Waals surface area contributed by atoms with Gasteiger partial charge < -0.3 is 5.32 Å². The molecule has 0 radical (unpaired) electrons. The first-order valence-electron chi connectivity index (χ1n) is 6.44. The third-order valence-electron chi connectivity index (χ3n) is 3.40. The lowest BCUT2D eigenvalue weighted by atomic mass is 10.0. The van der Waals surface area contributed by atoms with Crippen LogP contribution in [0.4, 0.5) is 5.69 Å². The maximum Gasteiger partial charge on any atom is 0.232 e. The summed E-state index contributed by atoms with van der Waals surface area (Å²) < 4.78 is 0.921. The van der Waals surface area contributed by atoms with Crippen molar-refractivity contribution in [1.82, 2.24) is 0 Å². The maximum absolute atomic E-state index is 12.5. The van der Waals surface area contributed by atoms with Gasteiger partial charge in [0.05, 0.1) is 11.6 Å². The molecule has 0 bridgehead atoms. The highest BCUT2D eigenvalue weighted by Crippen LogP contribution is 2.40. The quantitative estimate of drug-likeness (QED) is 0.860. The molecule has 0 fully saturated rings. The Morgan fingerprint density at radius 3 is 2.90 bits per heavy atom. The summed E-state index contributed by atoms with van der Waals surface area (Å²) in [6.07, 6.45) is 0. The van der Waals surface area contributed by atoms with E-state index in [9.17, 15) is 4.79 Å². The van der Waals surface area contributed by atoms with Crippen molar-refractivity contribution in [2.75, 3.05) is 11.1 Å². The second-order valence-corrected chi connectivity index (χ2v) is 6.79. The molecule has 1 amide bonds. The summed E-state index contributed by atoms with van der Waals surface area (Å²) in [5.41, 5.74) is 3.13. The maximum atomic E-state index is 12.5. The summed E-state index contributed by atoms with van der Waals surface area (Å²) >= 11 is 5.24. The number of carbonyl (C=O) groups excluding carboxylic acids is 1. The predicted molar refractivity (Wildman–Crippen MR) is 87.4 cm³/mol. The molecule has 1 unspecified atom stereocenters. The SMILES string of the molecule is Cc1ccc(NC(=O)C2CSc3ccccc32)c(Br)c1. The van der Waals surface area contributed by atoms with Crippen molar-refractivity contribution in [2.24, 2.45) is 0 Å². The number of halogens is 1. The van der Waals surface area contributed by atoms with Crippen LogP contribution in [0.15, 0.2) is 51.8 Å². The van der Waals surface area contributed by atoms with Crippen LogP contribution in [0.5, 0.6) is 0 Å². The molecule has 102 valence electrons. The van der Waals surface area contributed by atoms with E-state index in [1.54, 1.807) is 11.8 Å². The van der Waals surface area contributed by atoms with E-state index in [1.807, 2.05) is 43.3 Å². The van der Waals surface area contributed by atoms with Gasteiger partial charge in [-0.25, -0.2) is 0 Å². The van der Waals surface area contributed by atoms with Crippen molar-refractivity contribution < 1.29 is 4.79 Å². The lowest BCUT2D eigenvalue weighted by Gasteiger charge is -2.13. The Morgan fingerprint density at radius 1 is 1.30 bits per heavy atom. The molecule has 4 heteroatoms. The topological polar surface area (TPSA) is 29.1 Å². The van der Waals surface area contributed by atoms with E-state index < -0.39 is 0 Å². The first kappa shape index (κ1) is 13.7. The van der Waals surface area contributed by atoms with Crippen LogP contribution < -0.4 is 5.32 Å². The molecule has 3 rings (SSSR count). The minimum atomic E-state index is -0.0654. The van der Waals surface area contributed by atoms with Crippen molar-refractivity contribution in [1.29, 1.82) is 0 Å². The van der Waals surface area contributed by atoms with Gasteiger partial charge in [0.1, 0.15) is 0 Å². The number of benzene rings is 2. The van der Waals surface area contributed by atoms with Crippen molar-refractivity contribution in [3.05, 3.63) is 58.1 Å². The summed E-state index contributed by atoms with van der Waals surface area (Å²) in [5.74, 6) is 0.811. The van der Waals surface area contributed by atoms with E-state index in [0.717, 1.165) is 27.0 Å². The number of hydrogen-bond donors (Lipinski definition) is 1. The van der Waals surface area contributed by atoms with E-state index in [4.69, 9.17) is 0 Å². The highest BCUT2D eigenvalue weighted by molar-refractivity contribution is 9.10. The molecule has 2 aromatic carbocycles. The molecule has 1 N–H and O–H groups in total. The number of fused-ring (bicyclic) bond motifs is 1. The number of hydrogen-bond acceptors (Lipinski definition) is 2. The largest absolute Gasteiger partial charge is 0.325 e. The van der Waals surface area contributed by atoms with Crippen molar-refractivity contribution in [3.63, 3.8) is 0 Å². The standard InChI is InChI=1S/C16H14BrNOS/c1-10-6-7-14(13(17)8-10)18-16(19)12-9-20-15-5-3-2-4-11(12)15/h2-8,12H,9H2,1H3,(H,18,19). The van der Waals surface area contributed by atoms with Crippen LogP contribution in [0.2, 0.25) is 0 Å². The number of thioether (sulfide) groups is 1. The Hall–Kier alpha value is -1.26. The molecule has 2 aromatic rings. The zero-order chi connectivity index (χ0) is 14.1. The van der Waals surface area contributed by atoms with Crippen molar-refractivity contribution in [3.8, 4) is 0 Å². The van der Waals surface area contributed by atoms with E-state index in [1.165, 1.54) is 4.90 Å². The van der Waals surface area contributed by atoms with Crippen LogP contribution in [0, 0.1) is 6.92 Å². The fourth-order valence-corrected chi connectivity index (χ4v) is 4.14. The molecule has 20 heavy (non-hydrogen) atoms. The van der Waals surface area contributed by atoms with Crippen LogP contribution >= 0.6 is 27.7 Å². The molecule has 0 aromatic heterocycles. The summed E-state index contributed by atoms with van der Waals surface area (Å²) in [5, 5.41) is 3.02. The third kappa shape index (κ3) is 2.63. The first-order valence-corrected chi connectivity index (χ1v) is 8.22. The number of rotatable bonds is 2. The van der Waals surface area contributed by atoms with E-state index >= 15 is 0 Å². The third-order valence-corrected chi connectivity index (χ3v) is 5.24. The fourth-order valence-electron chi connectivity index (χ4n) is 2.32. The number of anilines is 1. The number of aryl methyl sites for hydroxylation is 1. The Morgan fingerprint density at radius 2 is 2.10 bits per heavy atom. The molecule has 0 saturated heterocycles. The van der Waals surface area contributed by atoms with Crippen LogP contribution in [0.25, 0.3) is 0 Å². The van der Waals surface area contributed by atoms with Gasteiger partial charge in [-0.1, -0.05) is 24.3 Å². The monoisotopic (exact) mass is 347 g/mol. The lowest BCUT2D eigenvalue weighted by molar-refractivity contribution is -0.117. The molecular weight excluding hydrogens is 334 g/mol. The molecule has 2 nitrogen and oxygen atoms in total. The van der Waals surface area contributed by atoms with Gasteiger partial charge in [0.25, 0.3) is 0 Å². The molecule has 0 spiro atoms. The lowest BCUT2D eigenvalue weighted by Crippen LogP contribution is -2.21. The summed E-state index contributed by atoms with van der Waals surface area (Å²) in [4.78, 5) is 13.7. The zero-order valence-corrected chi connectivity index (χ0v) is 13.4. The number of nitrogens with one attached hydrogen (secondary N) is 1. The predicted octanol–water partition coefficient (Wildman–Crippen LogP) is 4.59. The van der Waals surface area contributed by atoms with Gasteiger partial charge in [0.15, 0.2) is 0 Å². The highest BCUT2D eigenvalue weighted by Gasteiger charge is 2.29. The molecular formula is C16H14BrNOS. The summed E-state index contributed by atoms with van der Waals surface area (Å²) in [6.45, 7) is 2.03. The second-order valence-electron chi connectivity index (χ2n) is 4.87. The van der Waals surface area contributed by atoms with E-state index in [0.29, 0.717) is 0 Å². The number of carbonyl (C=O) groups is 1. The molecule has 1 atom stereocenters. The molecule has 1 heterocycles. The Balaban J connectivity index is 1.81. The van der Waals surface area contributed by atoms with Crippen LogP contribution in [0.1, 0.15) is 17.0 Å². The molecule has 1 aliphatic rings. The van der Waals surface area contributed by atoms with Gasteiger partial charge in [0, 0.05) is 15.1 Å². The molecule has 1 aliphatic heterocycles. The normalized spacial score (nSPS) is 16.8. The summed E-state index contributed by atoms with van der Waals surface area (Å²) in [7, 11) is 0. The Kier molecular flexibility index (Phi) is 3.85. The number of amides is 1. The van der Waals surface area contributed by atoms with Crippen molar-refractivity contribution in [2.45, 2.75) is 17.7 Å². The smallest absolute Gasteiger partial charge is 0.232 e. The fraction of sp³-hybridized carbons (Fsp3) is 0.188. The first-order chi connectivity index (χ1) is 9.65. The van der Waals surface area contributed by atoms with Gasteiger partial charge in [0.2, 0.25) is 5.91 Å². The minimum absolute atomic E-state index is 0.0620. The summed E-state index contributed by atoms with van der Waals surface area (Å²) in [6, 6.07) is 14.1. The van der Waals surface area contributed by atoms with Crippen molar-refractivity contribution >= 4 is 39.3 Å². The van der Waals surface area contributed by atoms with Gasteiger partial charge >= 0.3 is 0 Å². The van der Waals surface area contributed by atoms with Crippen LogP contribution in [-0.2, 0) is 4.79 Å². The van der Waals surface area contributed by atoms with Crippen LogP contribution in [-0.4, -0.2) is 11.7 Å². The van der Waals surface area contributed by atoms with Gasteiger partial charge in [-0.3, -0.25) is 4.79 Å². The zero-order valence-electron chi connectivity index (χ0n) is 11.0. The van der Waals surface area contributed by atoms with Crippen LogP contribution in [0.3, 0.4) is 0 Å². The Bertz CT molecular complexity index is 671. The van der Waals surface area contributed by atoms with E-state index in [2.05, 4.69) is 27.3 Å².